The van der Waals surface area contributed by atoms with Crippen LogP contribution in [0.3, 0.4) is 0 Å². The Morgan fingerprint density at radius 3 is 2.85 bits per heavy atom. The van der Waals surface area contributed by atoms with Crippen molar-refractivity contribution in [1.29, 1.82) is 0 Å². The van der Waals surface area contributed by atoms with Gasteiger partial charge in [0.25, 0.3) is 5.91 Å². The van der Waals surface area contributed by atoms with Crippen LogP contribution in [0, 0.1) is 6.92 Å². The predicted molar refractivity (Wildman–Crippen MR) is 101 cm³/mol. The van der Waals surface area contributed by atoms with E-state index in [0.29, 0.717) is 22.2 Å². The molecule has 2 heterocycles. The minimum atomic E-state index is -0.147. The number of methoxy groups -OCH3 is 1. The summed E-state index contributed by atoms with van der Waals surface area (Å²) >= 11 is 1.43. The second kappa shape index (κ2) is 7.70. The van der Waals surface area contributed by atoms with Gasteiger partial charge in [0.2, 0.25) is 0 Å². The van der Waals surface area contributed by atoms with Crippen molar-refractivity contribution in [2.24, 2.45) is 0 Å². The molecule has 1 aromatic carbocycles. The number of aryl methyl sites for hydroxylation is 1. The fraction of sp³-hybridized carbons (Fsp3) is 0.316. The van der Waals surface area contributed by atoms with E-state index >= 15 is 0 Å². The molecule has 0 bridgehead atoms. The van der Waals surface area contributed by atoms with E-state index in [1.54, 1.807) is 7.11 Å². The molecule has 0 saturated carbocycles. The van der Waals surface area contributed by atoms with Crippen LogP contribution in [-0.2, 0) is 6.54 Å². The van der Waals surface area contributed by atoms with Crippen LogP contribution in [0.4, 0.5) is 0 Å². The summed E-state index contributed by atoms with van der Waals surface area (Å²) < 4.78 is 10.6. The molecule has 3 aromatic rings. The lowest BCUT2D eigenvalue weighted by Crippen LogP contribution is -2.22. The third-order valence-electron chi connectivity index (χ3n) is 3.86. The number of carbonyl (C=O) groups excluding carboxylic acids is 1. The lowest BCUT2D eigenvalue weighted by atomic mass is 10.1. The lowest BCUT2D eigenvalue weighted by molar-refractivity contribution is 0.0950. The van der Waals surface area contributed by atoms with Crippen molar-refractivity contribution in [3.8, 4) is 17.0 Å². The van der Waals surface area contributed by atoms with Gasteiger partial charge in [0, 0.05) is 17.5 Å². The number of rotatable bonds is 6. The molecule has 3 rings (SSSR count). The second-order valence-electron chi connectivity index (χ2n) is 6.21. The van der Waals surface area contributed by atoms with E-state index in [1.807, 2.05) is 37.3 Å². The highest BCUT2D eigenvalue weighted by Crippen LogP contribution is 2.25. The number of carbonyl (C=O) groups is 1. The Balaban J connectivity index is 1.67. The fourth-order valence-corrected chi connectivity index (χ4v) is 3.42. The van der Waals surface area contributed by atoms with Crippen LogP contribution in [-0.4, -0.2) is 23.2 Å². The summed E-state index contributed by atoms with van der Waals surface area (Å²) in [5.41, 5.74) is 2.35. The van der Waals surface area contributed by atoms with Crippen molar-refractivity contribution in [3.05, 3.63) is 51.7 Å². The molecule has 2 aromatic heterocycles. The third-order valence-corrected chi connectivity index (χ3v) is 5.32. The molecule has 1 N–H and O–H groups in total. The van der Waals surface area contributed by atoms with Crippen molar-refractivity contribution in [2.45, 2.75) is 33.2 Å². The minimum Gasteiger partial charge on any atom is -0.497 e. The van der Waals surface area contributed by atoms with Gasteiger partial charge in [-0.2, -0.15) is 0 Å². The van der Waals surface area contributed by atoms with E-state index in [4.69, 9.17) is 9.26 Å². The smallest absolute Gasteiger partial charge is 0.263 e. The maximum absolute atomic E-state index is 12.4. The van der Waals surface area contributed by atoms with Crippen LogP contribution >= 0.6 is 11.3 Å². The SMILES string of the molecule is COc1cccc(-c2cc(CNC(=O)c3sc(C(C)C)nc3C)on2)c1. The lowest BCUT2D eigenvalue weighted by Gasteiger charge is -2.01. The molecule has 0 spiro atoms. The van der Waals surface area contributed by atoms with Gasteiger partial charge in [-0.15, -0.1) is 11.3 Å². The second-order valence-corrected chi connectivity index (χ2v) is 7.25. The van der Waals surface area contributed by atoms with E-state index < -0.39 is 0 Å². The highest BCUT2D eigenvalue weighted by Gasteiger charge is 2.17. The summed E-state index contributed by atoms with van der Waals surface area (Å²) in [6, 6.07) is 9.38. The predicted octanol–water partition coefficient (Wildman–Crippen LogP) is 4.17. The van der Waals surface area contributed by atoms with E-state index in [9.17, 15) is 4.79 Å². The average Bonchev–Trinajstić information content (AvgIpc) is 3.26. The number of amides is 1. The van der Waals surface area contributed by atoms with Crippen molar-refractivity contribution in [3.63, 3.8) is 0 Å². The summed E-state index contributed by atoms with van der Waals surface area (Å²) in [6.45, 7) is 6.25. The van der Waals surface area contributed by atoms with Crippen LogP contribution in [0.1, 0.15) is 45.9 Å². The van der Waals surface area contributed by atoms with Gasteiger partial charge in [-0.3, -0.25) is 4.79 Å². The maximum atomic E-state index is 12.4. The van der Waals surface area contributed by atoms with Crippen molar-refractivity contribution in [1.82, 2.24) is 15.5 Å². The first-order valence-electron chi connectivity index (χ1n) is 8.33. The summed E-state index contributed by atoms with van der Waals surface area (Å²) in [5, 5.41) is 7.90. The van der Waals surface area contributed by atoms with Gasteiger partial charge < -0.3 is 14.6 Å². The molecule has 0 radical (unpaired) electrons. The first-order chi connectivity index (χ1) is 12.5. The molecule has 26 heavy (non-hydrogen) atoms. The van der Waals surface area contributed by atoms with Crippen LogP contribution in [0.25, 0.3) is 11.3 Å². The Kier molecular flexibility index (Phi) is 5.37. The largest absolute Gasteiger partial charge is 0.497 e. The number of hydrogen-bond acceptors (Lipinski definition) is 6. The summed E-state index contributed by atoms with van der Waals surface area (Å²) in [6.07, 6.45) is 0. The number of thiazole rings is 1. The molecule has 0 aliphatic rings. The first-order valence-corrected chi connectivity index (χ1v) is 9.15. The van der Waals surface area contributed by atoms with Gasteiger partial charge in [-0.05, 0) is 19.1 Å². The van der Waals surface area contributed by atoms with Gasteiger partial charge in [0.05, 0.1) is 24.4 Å². The molecule has 0 aliphatic heterocycles. The standard InChI is InChI=1S/C19H21N3O3S/c1-11(2)19-21-12(3)17(26-19)18(23)20-10-15-9-16(22-25-15)13-6-5-7-14(8-13)24-4/h5-9,11H,10H2,1-4H3,(H,20,23). The molecule has 1 amide bonds. The van der Waals surface area contributed by atoms with Crippen LogP contribution in [0.15, 0.2) is 34.9 Å². The van der Waals surface area contributed by atoms with Gasteiger partial charge in [0.15, 0.2) is 5.76 Å². The normalized spacial score (nSPS) is 11.0. The molecular formula is C19H21N3O3S. The zero-order valence-corrected chi connectivity index (χ0v) is 16.0. The Hall–Kier alpha value is -2.67. The first kappa shape index (κ1) is 18.1. The van der Waals surface area contributed by atoms with Crippen LogP contribution < -0.4 is 10.1 Å². The number of benzene rings is 1. The summed E-state index contributed by atoms with van der Waals surface area (Å²) in [4.78, 5) is 17.5. The molecule has 0 aliphatic carbocycles. The molecule has 0 unspecified atom stereocenters. The Morgan fingerprint density at radius 1 is 1.35 bits per heavy atom. The number of aromatic nitrogens is 2. The van der Waals surface area contributed by atoms with Crippen LogP contribution in [0.2, 0.25) is 0 Å². The zero-order valence-electron chi connectivity index (χ0n) is 15.2. The third kappa shape index (κ3) is 3.94. The molecule has 136 valence electrons. The Bertz CT molecular complexity index is 914. The molecular weight excluding hydrogens is 350 g/mol. The monoisotopic (exact) mass is 371 g/mol. The summed E-state index contributed by atoms with van der Waals surface area (Å²) in [5.74, 6) is 1.50. The fourth-order valence-electron chi connectivity index (χ4n) is 2.44. The molecule has 7 heteroatoms. The van der Waals surface area contributed by atoms with E-state index in [0.717, 1.165) is 22.0 Å². The van der Waals surface area contributed by atoms with Gasteiger partial charge in [-0.25, -0.2) is 4.98 Å². The van der Waals surface area contributed by atoms with Gasteiger partial charge in [0.1, 0.15) is 16.3 Å². The van der Waals surface area contributed by atoms with Gasteiger partial charge in [-0.1, -0.05) is 31.1 Å². The van der Waals surface area contributed by atoms with Crippen molar-refractivity contribution >= 4 is 17.2 Å². The molecule has 6 nitrogen and oxygen atoms in total. The van der Waals surface area contributed by atoms with E-state index in [2.05, 4.69) is 29.3 Å². The number of ether oxygens (including phenoxy) is 1. The highest BCUT2D eigenvalue weighted by atomic mass is 32.1. The Labute approximate surface area is 156 Å². The van der Waals surface area contributed by atoms with E-state index in [1.165, 1.54) is 11.3 Å². The average molecular weight is 371 g/mol. The zero-order chi connectivity index (χ0) is 18.7. The Morgan fingerprint density at radius 2 is 2.15 bits per heavy atom. The van der Waals surface area contributed by atoms with E-state index in [-0.39, 0.29) is 12.5 Å². The molecule has 0 fully saturated rings. The number of hydrogen-bond donors (Lipinski definition) is 1. The molecule has 0 atom stereocenters. The van der Waals surface area contributed by atoms with Gasteiger partial charge >= 0.3 is 0 Å². The van der Waals surface area contributed by atoms with Crippen LogP contribution in [0.5, 0.6) is 5.75 Å². The quantitative estimate of drug-likeness (QED) is 0.704. The summed E-state index contributed by atoms with van der Waals surface area (Å²) in [7, 11) is 1.62. The van der Waals surface area contributed by atoms with Crippen molar-refractivity contribution in [2.75, 3.05) is 7.11 Å². The minimum absolute atomic E-state index is 0.147. The maximum Gasteiger partial charge on any atom is 0.263 e. The number of nitrogens with zero attached hydrogens (tertiary/aromatic N) is 2. The molecule has 0 saturated heterocycles. The van der Waals surface area contributed by atoms with Crippen molar-refractivity contribution < 1.29 is 14.1 Å². The topological polar surface area (TPSA) is 77.2 Å². The highest BCUT2D eigenvalue weighted by molar-refractivity contribution is 7.13. The number of nitrogens with one attached hydrogen (secondary N) is 1.